The number of amides is 2. The average Bonchev–Trinajstić information content (AvgIpc) is 3.33. The van der Waals surface area contributed by atoms with Crippen LogP contribution in [0.1, 0.15) is 223 Å². The van der Waals surface area contributed by atoms with E-state index >= 15 is 0 Å². The highest BCUT2D eigenvalue weighted by molar-refractivity contribution is 8.76. The highest BCUT2D eigenvalue weighted by Gasteiger charge is 2.17. The third kappa shape index (κ3) is 38.8. The summed E-state index contributed by atoms with van der Waals surface area (Å²) < 4.78 is 12.6. The maximum absolute atomic E-state index is 13.2. The van der Waals surface area contributed by atoms with Crippen LogP contribution in [0.4, 0.5) is 0 Å². The molecule has 0 aliphatic rings. The Morgan fingerprint density at radius 3 is 1.45 bits per heavy atom. The Bertz CT molecular complexity index is 1300. The Hall–Kier alpha value is -2.18. The molecule has 0 spiro atoms. The van der Waals surface area contributed by atoms with Crippen molar-refractivity contribution in [1.29, 1.82) is 0 Å². The molecule has 0 bridgehead atoms. The van der Waals surface area contributed by atoms with Gasteiger partial charge in [-0.2, -0.15) is 0 Å². The van der Waals surface area contributed by atoms with E-state index < -0.39 is 0 Å². The summed E-state index contributed by atoms with van der Waals surface area (Å²) in [6, 6.07) is 5.36. The maximum atomic E-state index is 13.2. The smallest absolute Gasteiger partial charge is 0.251 e. The molecule has 2 amide bonds. The number of benzene rings is 1. The largest absolute Gasteiger partial charge is 0.490 e. The minimum atomic E-state index is -0.238. The second-order valence-electron chi connectivity index (χ2n) is 18.0. The van der Waals surface area contributed by atoms with Gasteiger partial charge in [-0.05, 0) is 121 Å². The summed E-state index contributed by atoms with van der Waals surface area (Å²) in [6.07, 6.45) is 47.7. The van der Waals surface area contributed by atoms with Crippen molar-refractivity contribution in [2.24, 2.45) is 11.5 Å². The lowest BCUT2D eigenvalue weighted by atomic mass is 10.1. The molecule has 382 valence electrons. The van der Waals surface area contributed by atoms with Crippen LogP contribution in [0.15, 0.2) is 42.5 Å². The van der Waals surface area contributed by atoms with Crippen LogP contribution in [-0.2, 0) is 4.79 Å². The molecule has 0 saturated carbocycles. The first kappa shape index (κ1) is 61.8. The van der Waals surface area contributed by atoms with Gasteiger partial charge in [0.15, 0.2) is 11.5 Å². The van der Waals surface area contributed by atoms with E-state index in [4.69, 9.17) is 20.9 Å². The number of carbonyl (C=O) groups is 2. The van der Waals surface area contributed by atoms with E-state index in [9.17, 15) is 9.59 Å². The number of nitrogens with two attached hydrogens (primary N) is 2. The Morgan fingerprint density at radius 2 is 0.970 bits per heavy atom. The van der Waals surface area contributed by atoms with Crippen LogP contribution >= 0.6 is 21.6 Å². The summed E-state index contributed by atoms with van der Waals surface area (Å²) in [4.78, 5) is 25.9. The highest BCUT2D eigenvalue weighted by atomic mass is 33.1. The zero-order chi connectivity index (χ0) is 47.6. The summed E-state index contributed by atoms with van der Waals surface area (Å²) in [5.74, 6) is 2.83. The van der Waals surface area contributed by atoms with Crippen LogP contribution in [0.2, 0.25) is 0 Å². The van der Waals surface area contributed by atoms with E-state index in [0.29, 0.717) is 57.1 Å². The van der Waals surface area contributed by atoms with Crippen molar-refractivity contribution in [3.63, 3.8) is 0 Å². The molecule has 1 atom stereocenters. The molecule has 0 aromatic heterocycles. The lowest BCUT2D eigenvalue weighted by Gasteiger charge is -2.18. The van der Waals surface area contributed by atoms with Gasteiger partial charge in [0.2, 0.25) is 5.91 Å². The molecule has 0 fully saturated rings. The standard InChI is InChI=1S/C55H101N5O4S2/c1-3-5-7-9-11-13-15-17-19-21-23-25-27-29-31-33-45-63-52-39-38-50(49-53(52)64-46-34-32-30-28-26-24-22-20-18-16-14-12-10-8-6-4-2)54(61)59-43-47-65-66-48-44-60-55(62)51(37-35-40-56)58-42-36-41-57/h17-20,38-39,49,51,58H,3-16,21-37,40-48,56-57H2,1-2H3,(H,59,61)(H,60,62)/b19-17-,20-18-/t51-/m0/s1. The molecule has 1 rings (SSSR count). The molecule has 1 aromatic carbocycles. The fourth-order valence-electron chi connectivity index (χ4n) is 7.74. The summed E-state index contributed by atoms with van der Waals surface area (Å²) in [7, 11) is 3.39. The van der Waals surface area contributed by atoms with Gasteiger partial charge in [0.1, 0.15) is 0 Å². The Kier molecular flexibility index (Phi) is 46.1. The zero-order valence-electron chi connectivity index (χ0n) is 42.5. The van der Waals surface area contributed by atoms with Crippen molar-refractivity contribution in [2.45, 2.75) is 219 Å². The van der Waals surface area contributed by atoms with E-state index in [1.807, 2.05) is 18.2 Å². The first-order chi connectivity index (χ1) is 32.6. The summed E-state index contributed by atoms with van der Waals surface area (Å²) >= 11 is 0. The van der Waals surface area contributed by atoms with Gasteiger partial charge >= 0.3 is 0 Å². The molecule has 9 nitrogen and oxygen atoms in total. The van der Waals surface area contributed by atoms with Crippen molar-refractivity contribution in [3.8, 4) is 11.5 Å². The molecule has 11 heteroatoms. The van der Waals surface area contributed by atoms with E-state index in [1.54, 1.807) is 21.6 Å². The van der Waals surface area contributed by atoms with Gasteiger partial charge in [-0.15, -0.1) is 0 Å². The van der Waals surface area contributed by atoms with Crippen LogP contribution in [0.5, 0.6) is 11.5 Å². The minimum absolute atomic E-state index is 0.0135. The number of unbranched alkanes of at least 4 members (excludes halogenated alkanes) is 24. The molecule has 0 radical (unpaired) electrons. The van der Waals surface area contributed by atoms with Crippen molar-refractivity contribution < 1.29 is 19.1 Å². The Labute approximate surface area is 413 Å². The Morgan fingerprint density at radius 1 is 0.530 bits per heavy atom. The molecule has 66 heavy (non-hydrogen) atoms. The van der Waals surface area contributed by atoms with Gasteiger partial charge in [-0.3, -0.25) is 9.59 Å². The van der Waals surface area contributed by atoms with Gasteiger partial charge in [-0.1, -0.05) is 175 Å². The molecule has 1 aromatic rings. The van der Waals surface area contributed by atoms with E-state index in [0.717, 1.165) is 62.3 Å². The SMILES string of the molecule is CCCCCCCC/C=C\CCCCCCCCOc1ccc(C(=O)NCCSSCCNC(=O)[C@H](CCCN)NCCCN)cc1OCCCCCCCC/C=C\CCCCCCCC. The summed E-state index contributed by atoms with van der Waals surface area (Å²) in [5.41, 5.74) is 11.9. The first-order valence-electron chi connectivity index (χ1n) is 27.2. The number of hydrogen-bond donors (Lipinski definition) is 5. The first-order valence-corrected chi connectivity index (χ1v) is 29.7. The molecular formula is C55H101N5O4S2. The van der Waals surface area contributed by atoms with Gasteiger partial charge in [0.25, 0.3) is 5.91 Å². The van der Waals surface area contributed by atoms with Crippen LogP contribution in [0.3, 0.4) is 0 Å². The zero-order valence-corrected chi connectivity index (χ0v) is 44.1. The fourth-order valence-corrected chi connectivity index (χ4v) is 9.55. The Balaban J connectivity index is 2.45. The third-order valence-corrected chi connectivity index (χ3v) is 14.3. The van der Waals surface area contributed by atoms with E-state index in [2.05, 4.69) is 54.1 Å². The number of rotatable bonds is 50. The lowest BCUT2D eigenvalue weighted by Crippen LogP contribution is -2.45. The molecule has 0 heterocycles. The van der Waals surface area contributed by atoms with Crippen molar-refractivity contribution >= 4 is 33.4 Å². The molecular weight excluding hydrogens is 859 g/mol. The number of allylic oxidation sites excluding steroid dienone is 4. The van der Waals surface area contributed by atoms with Crippen molar-refractivity contribution in [1.82, 2.24) is 16.0 Å². The maximum Gasteiger partial charge on any atom is 0.251 e. The lowest BCUT2D eigenvalue weighted by molar-refractivity contribution is -0.123. The number of hydrogen-bond acceptors (Lipinski definition) is 9. The van der Waals surface area contributed by atoms with Gasteiger partial charge in [0.05, 0.1) is 19.3 Å². The van der Waals surface area contributed by atoms with Gasteiger partial charge in [0, 0.05) is 30.2 Å². The second-order valence-corrected chi connectivity index (χ2v) is 20.7. The molecule has 0 saturated heterocycles. The topological polar surface area (TPSA) is 141 Å². The highest BCUT2D eigenvalue weighted by Crippen LogP contribution is 2.29. The van der Waals surface area contributed by atoms with Crippen LogP contribution in [0, 0.1) is 0 Å². The van der Waals surface area contributed by atoms with Crippen LogP contribution < -0.4 is 36.9 Å². The van der Waals surface area contributed by atoms with Gasteiger partial charge in [-0.25, -0.2) is 0 Å². The van der Waals surface area contributed by atoms with E-state index in [-0.39, 0.29) is 17.9 Å². The molecule has 0 unspecified atom stereocenters. The van der Waals surface area contributed by atoms with Crippen molar-refractivity contribution in [3.05, 3.63) is 48.1 Å². The number of carbonyl (C=O) groups excluding carboxylic acids is 2. The fraction of sp³-hybridized carbons (Fsp3) is 0.782. The summed E-state index contributed by atoms with van der Waals surface area (Å²) in [6.45, 7) is 8.84. The predicted octanol–water partition coefficient (Wildman–Crippen LogP) is 13.8. The minimum Gasteiger partial charge on any atom is -0.490 e. The molecule has 7 N–H and O–H groups in total. The van der Waals surface area contributed by atoms with Gasteiger partial charge < -0.3 is 36.9 Å². The normalized spacial score (nSPS) is 12.1. The van der Waals surface area contributed by atoms with Crippen molar-refractivity contribution in [2.75, 3.05) is 57.4 Å². The van der Waals surface area contributed by atoms with Crippen LogP contribution in [-0.4, -0.2) is 75.3 Å². The quantitative estimate of drug-likeness (QED) is 0.0245. The number of ether oxygens (including phenoxy) is 2. The average molecular weight is 961 g/mol. The molecule has 0 aliphatic heterocycles. The summed E-state index contributed by atoms with van der Waals surface area (Å²) in [5, 5.41) is 9.41. The monoisotopic (exact) mass is 960 g/mol. The van der Waals surface area contributed by atoms with Crippen LogP contribution in [0.25, 0.3) is 0 Å². The van der Waals surface area contributed by atoms with E-state index in [1.165, 1.54) is 154 Å². The second kappa shape index (κ2) is 49.2. The number of nitrogens with one attached hydrogen (secondary N) is 3. The third-order valence-electron chi connectivity index (χ3n) is 11.9. The molecule has 0 aliphatic carbocycles. The predicted molar refractivity (Wildman–Crippen MR) is 290 cm³/mol.